The van der Waals surface area contributed by atoms with Crippen LogP contribution in [0.4, 0.5) is 5.82 Å². The number of nitrogens with two attached hydrogens (primary N) is 1. The zero-order valence-electron chi connectivity index (χ0n) is 11.5. The fraction of sp³-hybridized carbons (Fsp3) is 0.400. The molecule has 0 saturated heterocycles. The number of nitrogens with zero attached hydrogens (tertiary/aromatic N) is 2. The Balaban J connectivity index is 2.03. The van der Waals surface area contributed by atoms with Crippen molar-refractivity contribution in [1.29, 1.82) is 0 Å². The Bertz CT molecular complexity index is 494. The van der Waals surface area contributed by atoms with E-state index < -0.39 is 0 Å². The molecule has 0 fully saturated rings. The van der Waals surface area contributed by atoms with E-state index in [2.05, 4.69) is 40.5 Å². The van der Waals surface area contributed by atoms with Crippen LogP contribution in [0.15, 0.2) is 35.8 Å². The molecule has 0 aliphatic heterocycles. The van der Waals surface area contributed by atoms with E-state index in [4.69, 9.17) is 5.73 Å². The van der Waals surface area contributed by atoms with Crippen molar-refractivity contribution in [3.8, 4) is 0 Å². The average Bonchev–Trinajstić information content (AvgIpc) is 2.89. The Labute approximate surface area is 119 Å². The minimum absolute atomic E-state index is 0.161. The van der Waals surface area contributed by atoms with Gasteiger partial charge < -0.3 is 10.6 Å². The summed E-state index contributed by atoms with van der Waals surface area (Å²) in [5.74, 6) is 1.05. The van der Waals surface area contributed by atoms with Crippen LogP contribution in [0.3, 0.4) is 0 Å². The van der Waals surface area contributed by atoms with Gasteiger partial charge in [-0.1, -0.05) is 12.1 Å². The molecule has 0 spiro atoms. The van der Waals surface area contributed by atoms with Gasteiger partial charge in [-0.3, -0.25) is 0 Å². The normalized spacial score (nSPS) is 12.4. The first-order valence-corrected chi connectivity index (χ1v) is 7.48. The van der Waals surface area contributed by atoms with Gasteiger partial charge in [0.1, 0.15) is 5.82 Å². The lowest BCUT2D eigenvalue weighted by Gasteiger charge is -2.21. The van der Waals surface area contributed by atoms with Gasteiger partial charge in [-0.25, -0.2) is 4.98 Å². The third-order valence-corrected chi connectivity index (χ3v) is 3.98. The third kappa shape index (κ3) is 4.04. The highest BCUT2D eigenvalue weighted by atomic mass is 32.1. The molecule has 0 aliphatic rings. The first-order valence-electron chi connectivity index (χ1n) is 6.60. The van der Waals surface area contributed by atoms with Gasteiger partial charge in [0.2, 0.25) is 0 Å². The molecular weight excluding hydrogens is 254 g/mol. The molecule has 0 aliphatic carbocycles. The smallest absolute Gasteiger partial charge is 0.131 e. The molecule has 0 radical (unpaired) electrons. The van der Waals surface area contributed by atoms with E-state index in [1.54, 1.807) is 0 Å². The van der Waals surface area contributed by atoms with Gasteiger partial charge in [0.05, 0.1) is 0 Å². The number of pyridine rings is 1. The predicted molar refractivity (Wildman–Crippen MR) is 82.9 cm³/mol. The molecule has 1 atom stereocenters. The van der Waals surface area contributed by atoms with E-state index in [1.165, 1.54) is 10.4 Å². The van der Waals surface area contributed by atoms with Gasteiger partial charge in [-0.15, -0.1) is 11.3 Å². The summed E-state index contributed by atoms with van der Waals surface area (Å²) in [6.07, 6.45) is 3.77. The maximum absolute atomic E-state index is 5.90. The molecule has 2 aromatic heterocycles. The third-order valence-electron chi connectivity index (χ3n) is 3.04. The summed E-state index contributed by atoms with van der Waals surface area (Å²) in [5.41, 5.74) is 7.13. The predicted octanol–water partition coefficient (Wildman–Crippen LogP) is 2.71. The Hall–Kier alpha value is -1.39. The summed E-state index contributed by atoms with van der Waals surface area (Å²) in [6.45, 7) is 3.01. The minimum Gasteiger partial charge on any atom is -0.359 e. The highest BCUT2D eigenvalue weighted by Crippen LogP contribution is 2.18. The molecule has 3 nitrogen and oxygen atoms in total. The topological polar surface area (TPSA) is 42.1 Å². The van der Waals surface area contributed by atoms with Crippen LogP contribution in [0.25, 0.3) is 0 Å². The van der Waals surface area contributed by atoms with Crippen LogP contribution in [0.1, 0.15) is 17.4 Å². The molecule has 2 rings (SSSR count). The van der Waals surface area contributed by atoms with Crippen molar-refractivity contribution >= 4 is 17.2 Å². The number of hydrogen-bond donors (Lipinski definition) is 1. The first kappa shape index (κ1) is 14.0. The van der Waals surface area contributed by atoms with Crippen LogP contribution in [-0.2, 0) is 12.8 Å². The second-order valence-electron chi connectivity index (χ2n) is 4.92. The van der Waals surface area contributed by atoms with Crippen molar-refractivity contribution in [2.45, 2.75) is 25.8 Å². The summed E-state index contributed by atoms with van der Waals surface area (Å²) >= 11 is 1.81. The van der Waals surface area contributed by atoms with Crippen LogP contribution in [0.5, 0.6) is 0 Å². The monoisotopic (exact) mass is 275 g/mol. The van der Waals surface area contributed by atoms with E-state index in [0.29, 0.717) is 0 Å². The first-order chi connectivity index (χ1) is 9.16. The molecule has 4 heteroatoms. The SMILES string of the molecule is CC(N)Cc1cccnc1N(C)CCc1cccs1. The van der Waals surface area contributed by atoms with E-state index in [1.807, 2.05) is 30.5 Å². The summed E-state index contributed by atoms with van der Waals surface area (Å²) in [4.78, 5) is 8.14. The zero-order valence-corrected chi connectivity index (χ0v) is 12.4. The van der Waals surface area contributed by atoms with Crippen LogP contribution in [0, 0.1) is 0 Å². The van der Waals surface area contributed by atoms with Crippen LogP contribution in [0.2, 0.25) is 0 Å². The fourth-order valence-corrected chi connectivity index (χ4v) is 2.82. The second kappa shape index (κ2) is 6.68. The lowest BCUT2D eigenvalue weighted by molar-refractivity contribution is 0.729. The second-order valence-corrected chi connectivity index (χ2v) is 5.95. The lowest BCUT2D eigenvalue weighted by atomic mass is 10.1. The van der Waals surface area contributed by atoms with Crippen molar-refractivity contribution in [1.82, 2.24) is 4.98 Å². The van der Waals surface area contributed by atoms with Crippen LogP contribution >= 0.6 is 11.3 Å². The van der Waals surface area contributed by atoms with Crippen molar-refractivity contribution in [2.75, 3.05) is 18.5 Å². The quantitative estimate of drug-likeness (QED) is 0.881. The summed E-state index contributed by atoms with van der Waals surface area (Å²) < 4.78 is 0. The van der Waals surface area contributed by atoms with Gasteiger partial charge in [-0.2, -0.15) is 0 Å². The van der Waals surface area contributed by atoms with Crippen molar-refractivity contribution in [3.63, 3.8) is 0 Å². The van der Waals surface area contributed by atoms with Gasteiger partial charge in [-0.05, 0) is 42.8 Å². The Morgan fingerprint density at radius 3 is 2.89 bits per heavy atom. The molecule has 2 heterocycles. The maximum Gasteiger partial charge on any atom is 0.131 e. The average molecular weight is 275 g/mol. The highest BCUT2D eigenvalue weighted by molar-refractivity contribution is 7.09. The highest BCUT2D eigenvalue weighted by Gasteiger charge is 2.10. The van der Waals surface area contributed by atoms with Crippen molar-refractivity contribution < 1.29 is 0 Å². The maximum atomic E-state index is 5.90. The van der Waals surface area contributed by atoms with Gasteiger partial charge in [0, 0.05) is 30.7 Å². The molecule has 2 aromatic rings. The molecule has 2 N–H and O–H groups in total. The fourth-order valence-electron chi connectivity index (χ4n) is 2.12. The summed E-state index contributed by atoms with van der Waals surface area (Å²) in [7, 11) is 2.10. The number of thiophene rings is 1. The van der Waals surface area contributed by atoms with E-state index >= 15 is 0 Å². The molecule has 0 bridgehead atoms. The van der Waals surface area contributed by atoms with Crippen molar-refractivity contribution in [2.24, 2.45) is 5.73 Å². The molecule has 0 saturated carbocycles. The number of aromatic nitrogens is 1. The largest absolute Gasteiger partial charge is 0.359 e. The number of hydrogen-bond acceptors (Lipinski definition) is 4. The van der Waals surface area contributed by atoms with Gasteiger partial charge in [0.25, 0.3) is 0 Å². The number of anilines is 1. The van der Waals surface area contributed by atoms with E-state index in [0.717, 1.165) is 25.2 Å². The minimum atomic E-state index is 0.161. The standard InChI is InChI=1S/C15H21N3S/c1-12(16)11-13-5-3-8-17-15(13)18(2)9-7-14-6-4-10-19-14/h3-6,8,10,12H,7,9,11,16H2,1-2H3. The molecule has 0 amide bonds. The molecule has 102 valence electrons. The number of rotatable bonds is 6. The molecular formula is C15H21N3S. The Morgan fingerprint density at radius 2 is 2.21 bits per heavy atom. The summed E-state index contributed by atoms with van der Waals surface area (Å²) in [5, 5.41) is 2.12. The van der Waals surface area contributed by atoms with Crippen LogP contribution < -0.4 is 10.6 Å². The molecule has 19 heavy (non-hydrogen) atoms. The summed E-state index contributed by atoms with van der Waals surface area (Å²) in [6, 6.07) is 8.54. The van der Waals surface area contributed by atoms with Gasteiger partial charge in [0.15, 0.2) is 0 Å². The number of likely N-dealkylation sites (N-methyl/N-ethyl adjacent to an activating group) is 1. The van der Waals surface area contributed by atoms with Crippen molar-refractivity contribution in [3.05, 3.63) is 46.3 Å². The van der Waals surface area contributed by atoms with E-state index in [9.17, 15) is 0 Å². The lowest BCUT2D eigenvalue weighted by Crippen LogP contribution is -2.25. The van der Waals surface area contributed by atoms with Crippen LogP contribution in [-0.4, -0.2) is 24.6 Å². The van der Waals surface area contributed by atoms with Gasteiger partial charge >= 0.3 is 0 Å². The molecule has 0 aromatic carbocycles. The molecule has 1 unspecified atom stereocenters. The zero-order chi connectivity index (χ0) is 13.7. The Kier molecular flexibility index (Phi) is 4.93. The van der Waals surface area contributed by atoms with E-state index in [-0.39, 0.29) is 6.04 Å². The Morgan fingerprint density at radius 1 is 1.37 bits per heavy atom.